The second-order valence-corrected chi connectivity index (χ2v) is 2.65. The van der Waals surface area contributed by atoms with Gasteiger partial charge in [0.1, 0.15) is 0 Å². The average Bonchev–Trinajstić information content (AvgIpc) is 1.98. The summed E-state index contributed by atoms with van der Waals surface area (Å²) in [6.45, 7) is 2.13. The van der Waals surface area contributed by atoms with E-state index in [1.165, 1.54) is 0 Å². The Morgan fingerprint density at radius 3 is 2.55 bits per heavy atom. The van der Waals surface area contributed by atoms with Crippen LogP contribution in [0.1, 0.15) is 6.92 Å². The van der Waals surface area contributed by atoms with Gasteiger partial charge in [-0.15, -0.1) is 0 Å². The number of nitrogens with one attached hydrogen (secondary N) is 1. The highest BCUT2D eigenvalue weighted by Gasteiger charge is 2.12. The van der Waals surface area contributed by atoms with Crippen LogP contribution in [0.25, 0.3) is 0 Å². The molecule has 0 saturated heterocycles. The van der Waals surface area contributed by atoms with Gasteiger partial charge in [-0.3, -0.25) is 9.69 Å². The molecule has 0 aliphatic heterocycles. The average molecular weight is 160 g/mol. The predicted molar refractivity (Wildman–Crippen MR) is 43.2 cm³/mol. The first-order valence-corrected chi connectivity index (χ1v) is 3.64. The first-order valence-electron chi connectivity index (χ1n) is 3.64. The van der Waals surface area contributed by atoms with Crippen molar-refractivity contribution in [2.75, 3.05) is 27.2 Å². The summed E-state index contributed by atoms with van der Waals surface area (Å²) in [5.74, 6) is -0.0518. The van der Waals surface area contributed by atoms with Crippen LogP contribution in [0.15, 0.2) is 0 Å². The number of amides is 1. The smallest absolute Gasteiger partial charge is 0.237 e. The fourth-order valence-corrected chi connectivity index (χ4v) is 0.561. The highest BCUT2D eigenvalue weighted by molar-refractivity contribution is 5.81. The maximum Gasteiger partial charge on any atom is 0.237 e. The zero-order valence-electron chi connectivity index (χ0n) is 7.29. The standard InChI is InChI=1S/C7H16N2O2/c1-6(9(2)3)7(11)8-4-5-10/h6,10H,4-5H2,1-3H3,(H,8,11). The van der Waals surface area contributed by atoms with E-state index < -0.39 is 0 Å². The summed E-state index contributed by atoms with van der Waals surface area (Å²) in [4.78, 5) is 12.9. The van der Waals surface area contributed by atoms with Gasteiger partial charge in [-0.25, -0.2) is 0 Å². The lowest BCUT2D eigenvalue weighted by molar-refractivity contribution is -0.125. The molecular formula is C7H16N2O2. The van der Waals surface area contributed by atoms with E-state index >= 15 is 0 Å². The quantitative estimate of drug-likeness (QED) is 0.557. The molecular weight excluding hydrogens is 144 g/mol. The van der Waals surface area contributed by atoms with E-state index in [4.69, 9.17) is 5.11 Å². The number of carbonyl (C=O) groups is 1. The predicted octanol–water partition coefficient (Wildman–Crippen LogP) is -0.955. The Kier molecular flexibility index (Phi) is 4.81. The summed E-state index contributed by atoms with van der Waals surface area (Å²) >= 11 is 0. The Balaban J connectivity index is 3.64. The number of carbonyl (C=O) groups excluding carboxylic acids is 1. The van der Waals surface area contributed by atoms with E-state index in [1.54, 1.807) is 0 Å². The van der Waals surface area contributed by atoms with E-state index in [0.717, 1.165) is 0 Å². The molecule has 0 aliphatic rings. The Bertz CT molecular complexity index is 126. The molecule has 11 heavy (non-hydrogen) atoms. The molecule has 0 bridgehead atoms. The Labute approximate surface area is 67.2 Å². The van der Waals surface area contributed by atoms with Crippen LogP contribution < -0.4 is 5.32 Å². The van der Waals surface area contributed by atoms with Crippen molar-refractivity contribution in [3.63, 3.8) is 0 Å². The SMILES string of the molecule is CC(C(=O)NCCO)N(C)C. The van der Waals surface area contributed by atoms with Crippen LogP contribution in [0.2, 0.25) is 0 Å². The summed E-state index contributed by atoms with van der Waals surface area (Å²) in [5, 5.41) is 11.0. The highest BCUT2D eigenvalue weighted by Crippen LogP contribution is 1.89. The van der Waals surface area contributed by atoms with E-state index in [0.29, 0.717) is 6.54 Å². The first kappa shape index (κ1) is 10.4. The lowest BCUT2D eigenvalue weighted by Crippen LogP contribution is -2.42. The Morgan fingerprint density at radius 1 is 1.64 bits per heavy atom. The molecule has 0 aromatic heterocycles. The topological polar surface area (TPSA) is 52.6 Å². The van der Waals surface area contributed by atoms with Crippen molar-refractivity contribution < 1.29 is 9.90 Å². The molecule has 1 amide bonds. The normalized spacial score (nSPS) is 13.2. The molecule has 1 atom stereocenters. The van der Waals surface area contributed by atoms with Crippen LogP contribution in [0.4, 0.5) is 0 Å². The zero-order chi connectivity index (χ0) is 8.85. The molecule has 0 fully saturated rings. The molecule has 0 aromatic carbocycles. The van der Waals surface area contributed by atoms with E-state index in [-0.39, 0.29) is 18.6 Å². The summed E-state index contributed by atoms with van der Waals surface area (Å²) in [5.41, 5.74) is 0. The van der Waals surface area contributed by atoms with Gasteiger partial charge >= 0.3 is 0 Å². The molecule has 0 rings (SSSR count). The monoisotopic (exact) mass is 160 g/mol. The maximum absolute atomic E-state index is 11.1. The lowest BCUT2D eigenvalue weighted by atomic mass is 10.3. The lowest BCUT2D eigenvalue weighted by Gasteiger charge is -2.18. The third-order valence-corrected chi connectivity index (χ3v) is 1.57. The fraction of sp³-hybridized carbons (Fsp3) is 0.857. The molecule has 66 valence electrons. The Morgan fingerprint density at radius 2 is 2.18 bits per heavy atom. The van der Waals surface area contributed by atoms with Gasteiger partial charge in [-0.2, -0.15) is 0 Å². The molecule has 0 radical (unpaired) electrons. The van der Waals surface area contributed by atoms with E-state index in [9.17, 15) is 4.79 Å². The van der Waals surface area contributed by atoms with Gasteiger partial charge in [0.15, 0.2) is 0 Å². The van der Waals surface area contributed by atoms with Gasteiger partial charge in [-0.1, -0.05) is 0 Å². The number of hydrogen-bond donors (Lipinski definition) is 2. The van der Waals surface area contributed by atoms with Crippen LogP contribution in [0.3, 0.4) is 0 Å². The minimum Gasteiger partial charge on any atom is -0.395 e. The second-order valence-electron chi connectivity index (χ2n) is 2.65. The van der Waals surface area contributed by atoms with Crippen molar-refractivity contribution in [2.24, 2.45) is 0 Å². The van der Waals surface area contributed by atoms with Crippen LogP contribution in [-0.4, -0.2) is 49.2 Å². The van der Waals surface area contributed by atoms with Crippen molar-refractivity contribution in [2.45, 2.75) is 13.0 Å². The third-order valence-electron chi connectivity index (χ3n) is 1.57. The van der Waals surface area contributed by atoms with Crippen molar-refractivity contribution in [3.8, 4) is 0 Å². The molecule has 0 aliphatic carbocycles. The van der Waals surface area contributed by atoms with E-state index in [2.05, 4.69) is 5.32 Å². The summed E-state index contributed by atoms with van der Waals surface area (Å²) in [6.07, 6.45) is 0. The largest absolute Gasteiger partial charge is 0.395 e. The minimum atomic E-state index is -0.137. The molecule has 4 heteroatoms. The van der Waals surface area contributed by atoms with Crippen molar-refractivity contribution in [3.05, 3.63) is 0 Å². The van der Waals surface area contributed by atoms with Crippen molar-refractivity contribution >= 4 is 5.91 Å². The number of likely N-dealkylation sites (N-methyl/N-ethyl adjacent to an activating group) is 1. The van der Waals surface area contributed by atoms with Gasteiger partial charge < -0.3 is 10.4 Å². The van der Waals surface area contributed by atoms with Gasteiger partial charge in [0.2, 0.25) is 5.91 Å². The highest BCUT2D eigenvalue weighted by atomic mass is 16.3. The minimum absolute atomic E-state index is 0.00805. The van der Waals surface area contributed by atoms with Gasteiger partial charge in [0.05, 0.1) is 12.6 Å². The molecule has 0 aromatic rings. The zero-order valence-corrected chi connectivity index (χ0v) is 7.29. The third kappa shape index (κ3) is 3.95. The van der Waals surface area contributed by atoms with E-state index in [1.807, 2.05) is 25.9 Å². The molecule has 2 N–H and O–H groups in total. The van der Waals surface area contributed by atoms with Crippen LogP contribution in [-0.2, 0) is 4.79 Å². The first-order chi connectivity index (χ1) is 5.09. The number of nitrogens with zero attached hydrogens (tertiary/aromatic N) is 1. The van der Waals surface area contributed by atoms with Crippen molar-refractivity contribution in [1.82, 2.24) is 10.2 Å². The summed E-state index contributed by atoms with van der Waals surface area (Å²) < 4.78 is 0. The van der Waals surface area contributed by atoms with Crippen LogP contribution >= 0.6 is 0 Å². The second kappa shape index (κ2) is 5.09. The molecule has 0 spiro atoms. The fourth-order valence-electron chi connectivity index (χ4n) is 0.561. The van der Waals surface area contributed by atoms with Crippen molar-refractivity contribution in [1.29, 1.82) is 0 Å². The molecule has 0 saturated carbocycles. The van der Waals surface area contributed by atoms with Gasteiger partial charge in [0.25, 0.3) is 0 Å². The molecule has 4 nitrogen and oxygen atoms in total. The summed E-state index contributed by atoms with van der Waals surface area (Å²) in [6, 6.07) is -0.137. The summed E-state index contributed by atoms with van der Waals surface area (Å²) in [7, 11) is 3.67. The molecule has 0 heterocycles. The maximum atomic E-state index is 11.1. The number of aliphatic hydroxyl groups excluding tert-OH is 1. The van der Waals surface area contributed by atoms with Crippen LogP contribution in [0.5, 0.6) is 0 Å². The molecule has 1 unspecified atom stereocenters. The number of rotatable bonds is 4. The van der Waals surface area contributed by atoms with Gasteiger partial charge in [0, 0.05) is 6.54 Å². The Hall–Kier alpha value is -0.610. The van der Waals surface area contributed by atoms with Gasteiger partial charge in [-0.05, 0) is 21.0 Å². The number of hydrogen-bond acceptors (Lipinski definition) is 3. The van der Waals surface area contributed by atoms with Crippen LogP contribution in [0, 0.1) is 0 Å². The number of aliphatic hydroxyl groups is 1.